The van der Waals surface area contributed by atoms with E-state index in [1.807, 2.05) is 41.8 Å². The fraction of sp³-hybridized carbons (Fsp3) is 0.150. The number of aromatic nitrogens is 3. The number of amides is 1. The molecule has 0 aliphatic rings. The summed E-state index contributed by atoms with van der Waals surface area (Å²) in [6.45, 7) is 6.21. The first kappa shape index (κ1) is 19.2. The van der Waals surface area contributed by atoms with Crippen molar-refractivity contribution in [2.24, 2.45) is 0 Å². The maximum atomic E-state index is 12.5. The second-order valence-corrected chi connectivity index (χ2v) is 7.57. The maximum Gasteiger partial charge on any atom is 0.237 e. The van der Waals surface area contributed by atoms with Gasteiger partial charge in [-0.2, -0.15) is 0 Å². The Morgan fingerprint density at radius 3 is 2.59 bits per heavy atom. The molecule has 138 valence electrons. The Labute approximate surface area is 167 Å². The second kappa shape index (κ2) is 8.88. The summed E-state index contributed by atoms with van der Waals surface area (Å²) in [6.07, 6.45) is 1.79. The van der Waals surface area contributed by atoms with Crippen LogP contribution in [-0.4, -0.2) is 25.9 Å². The molecule has 0 aliphatic carbocycles. The molecule has 1 heterocycles. The fourth-order valence-electron chi connectivity index (χ4n) is 2.46. The van der Waals surface area contributed by atoms with Gasteiger partial charge in [0.15, 0.2) is 11.0 Å². The molecule has 3 aromatic rings. The van der Waals surface area contributed by atoms with Crippen molar-refractivity contribution in [2.45, 2.75) is 23.9 Å². The molecule has 0 saturated heterocycles. The van der Waals surface area contributed by atoms with Crippen LogP contribution in [0.4, 0.5) is 5.69 Å². The molecule has 0 fully saturated rings. The summed E-state index contributed by atoms with van der Waals surface area (Å²) in [4.78, 5) is 12.5. The van der Waals surface area contributed by atoms with Crippen LogP contribution < -0.4 is 5.32 Å². The molecule has 0 radical (unpaired) electrons. The van der Waals surface area contributed by atoms with Crippen LogP contribution in [0.5, 0.6) is 0 Å². The highest BCUT2D eigenvalue weighted by molar-refractivity contribution is 8.00. The van der Waals surface area contributed by atoms with Gasteiger partial charge in [0.05, 0.1) is 5.25 Å². The summed E-state index contributed by atoms with van der Waals surface area (Å²) >= 11 is 7.23. The van der Waals surface area contributed by atoms with Crippen molar-refractivity contribution in [3.05, 3.63) is 72.3 Å². The van der Waals surface area contributed by atoms with E-state index >= 15 is 0 Å². The Bertz CT molecular complexity index is 925. The minimum absolute atomic E-state index is 0.114. The summed E-state index contributed by atoms with van der Waals surface area (Å²) in [5.41, 5.74) is 1.67. The molecule has 1 atom stereocenters. The molecule has 27 heavy (non-hydrogen) atoms. The summed E-state index contributed by atoms with van der Waals surface area (Å²) in [5.74, 6) is 0.639. The van der Waals surface area contributed by atoms with Gasteiger partial charge in [0.2, 0.25) is 5.91 Å². The molecule has 3 rings (SSSR count). The van der Waals surface area contributed by atoms with Crippen LogP contribution in [0.3, 0.4) is 0 Å². The lowest BCUT2D eigenvalue weighted by Gasteiger charge is -2.13. The fourth-order valence-corrected chi connectivity index (χ4v) is 3.44. The predicted molar refractivity (Wildman–Crippen MR) is 111 cm³/mol. The molecule has 5 nitrogen and oxygen atoms in total. The number of rotatable bonds is 7. The SMILES string of the molecule is C=CCn1c(S[C@H](C)C(=O)Nc2ccc(Cl)cc2)nnc1-c1ccccc1. The van der Waals surface area contributed by atoms with Gasteiger partial charge in [-0.15, -0.1) is 16.8 Å². The van der Waals surface area contributed by atoms with Crippen LogP contribution in [0.25, 0.3) is 11.4 Å². The third kappa shape index (κ3) is 4.78. The molecule has 1 aromatic heterocycles. The first-order valence-electron chi connectivity index (χ1n) is 8.41. The number of anilines is 1. The summed E-state index contributed by atoms with van der Waals surface area (Å²) in [5, 5.41) is 12.4. The Balaban J connectivity index is 1.76. The Morgan fingerprint density at radius 2 is 1.93 bits per heavy atom. The zero-order chi connectivity index (χ0) is 19.2. The average molecular weight is 399 g/mol. The molecule has 0 spiro atoms. The number of carbonyl (C=O) groups is 1. The number of hydrogen-bond acceptors (Lipinski definition) is 4. The Kier molecular flexibility index (Phi) is 6.32. The van der Waals surface area contributed by atoms with Gasteiger partial charge >= 0.3 is 0 Å². The first-order chi connectivity index (χ1) is 13.1. The molecule has 1 amide bonds. The summed E-state index contributed by atoms with van der Waals surface area (Å²) < 4.78 is 1.96. The van der Waals surface area contributed by atoms with Crippen LogP contribution in [0.15, 0.2) is 72.4 Å². The molecule has 0 saturated carbocycles. The zero-order valence-corrected chi connectivity index (χ0v) is 16.4. The second-order valence-electron chi connectivity index (χ2n) is 5.83. The Hall–Kier alpha value is -2.57. The number of benzene rings is 2. The van der Waals surface area contributed by atoms with E-state index in [4.69, 9.17) is 11.6 Å². The minimum Gasteiger partial charge on any atom is -0.325 e. The van der Waals surface area contributed by atoms with Crippen LogP contribution in [-0.2, 0) is 11.3 Å². The van der Waals surface area contributed by atoms with Gasteiger partial charge in [-0.25, -0.2) is 0 Å². The van der Waals surface area contributed by atoms with Crippen LogP contribution in [0, 0.1) is 0 Å². The number of allylic oxidation sites excluding steroid dienone is 1. The quantitative estimate of drug-likeness (QED) is 0.454. The molecular formula is C20H19ClN4OS. The predicted octanol–water partition coefficient (Wildman–Crippen LogP) is 4.90. The number of halogens is 1. The van der Waals surface area contributed by atoms with Gasteiger partial charge < -0.3 is 5.32 Å². The largest absolute Gasteiger partial charge is 0.325 e. The van der Waals surface area contributed by atoms with E-state index < -0.39 is 0 Å². The van der Waals surface area contributed by atoms with E-state index in [0.29, 0.717) is 22.4 Å². The van der Waals surface area contributed by atoms with Crippen molar-refractivity contribution in [1.82, 2.24) is 14.8 Å². The van der Waals surface area contributed by atoms with Crippen molar-refractivity contribution in [3.63, 3.8) is 0 Å². The number of hydrogen-bond donors (Lipinski definition) is 1. The first-order valence-corrected chi connectivity index (χ1v) is 9.67. The van der Waals surface area contributed by atoms with E-state index in [-0.39, 0.29) is 11.2 Å². The molecule has 7 heteroatoms. The number of carbonyl (C=O) groups excluding carboxylic acids is 1. The van der Waals surface area contributed by atoms with Crippen molar-refractivity contribution < 1.29 is 4.79 Å². The van der Waals surface area contributed by atoms with Crippen LogP contribution in [0.1, 0.15) is 6.92 Å². The van der Waals surface area contributed by atoms with E-state index in [9.17, 15) is 4.79 Å². The minimum atomic E-state index is -0.350. The normalized spacial score (nSPS) is 11.8. The van der Waals surface area contributed by atoms with Gasteiger partial charge in [0, 0.05) is 22.8 Å². The summed E-state index contributed by atoms with van der Waals surface area (Å²) in [7, 11) is 0. The average Bonchev–Trinajstić information content (AvgIpc) is 3.07. The van der Waals surface area contributed by atoms with Gasteiger partial charge in [-0.1, -0.05) is 59.8 Å². The molecule has 0 unspecified atom stereocenters. The van der Waals surface area contributed by atoms with Gasteiger partial charge in [-0.05, 0) is 31.2 Å². The Morgan fingerprint density at radius 1 is 1.22 bits per heavy atom. The highest BCUT2D eigenvalue weighted by Crippen LogP contribution is 2.27. The number of thioether (sulfide) groups is 1. The van der Waals surface area contributed by atoms with Crippen molar-refractivity contribution in [2.75, 3.05) is 5.32 Å². The third-order valence-corrected chi connectivity index (χ3v) is 5.16. The van der Waals surface area contributed by atoms with E-state index in [0.717, 1.165) is 11.4 Å². The molecule has 2 aromatic carbocycles. The zero-order valence-electron chi connectivity index (χ0n) is 14.8. The van der Waals surface area contributed by atoms with E-state index in [1.165, 1.54) is 11.8 Å². The van der Waals surface area contributed by atoms with Gasteiger partial charge in [0.25, 0.3) is 0 Å². The van der Waals surface area contributed by atoms with Crippen molar-refractivity contribution in [3.8, 4) is 11.4 Å². The highest BCUT2D eigenvalue weighted by Gasteiger charge is 2.20. The highest BCUT2D eigenvalue weighted by atomic mass is 35.5. The summed E-state index contributed by atoms with van der Waals surface area (Å²) in [6, 6.07) is 16.8. The van der Waals surface area contributed by atoms with E-state index in [2.05, 4.69) is 22.1 Å². The monoisotopic (exact) mass is 398 g/mol. The standard InChI is InChI=1S/C20H19ClN4OS/c1-3-13-25-18(15-7-5-4-6-8-15)23-24-20(25)27-14(2)19(26)22-17-11-9-16(21)10-12-17/h3-12,14H,1,13H2,2H3,(H,22,26)/t14-/m1/s1. The van der Waals surface area contributed by atoms with E-state index in [1.54, 1.807) is 30.3 Å². The lowest BCUT2D eigenvalue weighted by molar-refractivity contribution is -0.115. The number of nitrogens with zero attached hydrogens (tertiary/aromatic N) is 3. The number of nitrogens with one attached hydrogen (secondary N) is 1. The van der Waals surface area contributed by atoms with Gasteiger partial charge in [-0.3, -0.25) is 9.36 Å². The maximum absolute atomic E-state index is 12.5. The smallest absolute Gasteiger partial charge is 0.237 e. The third-order valence-electron chi connectivity index (χ3n) is 3.82. The van der Waals surface area contributed by atoms with Crippen LogP contribution >= 0.6 is 23.4 Å². The lowest BCUT2D eigenvalue weighted by atomic mass is 10.2. The molecular weight excluding hydrogens is 380 g/mol. The molecule has 0 aliphatic heterocycles. The van der Waals surface area contributed by atoms with Crippen molar-refractivity contribution >= 4 is 35.0 Å². The van der Waals surface area contributed by atoms with Crippen molar-refractivity contribution in [1.29, 1.82) is 0 Å². The molecule has 1 N–H and O–H groups in total. The van der Waals surface area contributed by atoms with Crippen LogP contribution in [0.2, 0.25) is 5.02 Å². The topological polar surface area (TPSA) is 59.8 Å². The lowest BCUT2D eigenvalue weighted by Crippen LogP contribution is -2.22. The van der Waals surface area contributed by atoms with Gasteiger partial charge in [0.1, 0.15) is 0 Å². The molecule has 0 bridgehead atoms.